The first-order chi connectivity index (χ1) is 4.93. The second-order valence-electron chi connectivity index (χ2n) is 4.77. The minimum absolute atomic E-state index is 0.490. The Kier molecular flexibility index (Phi) is 4.13. The molecule has 0 aliphatic rings. The second kappa shape index (κ2) is 4.13. The van der Waals surface area contributed by atoms with Gasteiger partial charge in [-0.25, -0.2) is 0 Å². The predicted molar refractivity (Wildman–Crippen MR) is 52.7 cm³/mol. The van der Waals surface area contributed by atoms with Crippen molar-refractivity contribution in [2.75, 3.05) is 0 Å². The van der Waals surface area contributed by atoms with Crippen LogP contribution in [0.4, 0.5) is 0 Å². The molecule has 0 aromatic carbocycles. The van der Waals surface area contributed by atoms with Gasteiger partial charge in [0.15, 0.2) is 0 Å². The van der Waals surface area contributed by atoms with Crippen molar-refractivity contribution in [1.29, 1.82) is 0 Å². The van der Waals surface area contributed by atoms with Crippen LogP contribution in [0.2, 0.25) is 0 Å². The van der Waals surface area contributed by atoms with Crippen molar-refractivity contribution < 1.29 is 0 Å². The molecule has 0 amide bonds. The fourth-order valence-electron chi connectivity index (χ4n) is 2.15. The first kappa shape index (κ1) is 11.0. The lowest BCUT2D eigenvalue weighted by Crippen LogP contribution is -2.25. The summed E-state index contributed by atoms with van der Waals surface area (Å²) in [5, 5.41) is 0. The molecule has 0 aliphatic carbocycles. The van der Waals surface area contributed by atoms with Crippen molar-refractivity contribution in [3.05, 3.63) is 0 Å². The molecule has 0 saturated carbocycles. The Morgan fingerprint density at radius 2 is 1.45 bits per heavy atom. The Hall–Kier alpha value is 0. The maximum Gasteiger partial charge on any atom is -0.0342 e. The Morgan fingerprint density at radius 3 is 1.55 bits per heavy atom. The Bertz CT molecular complexity index is 97.1. The summed E-state index contributed by atoms with van der Waals surface area (Å²) in [4.78, 5) is 0. The van der Waals surface area contributed by atoms with Crippen LogP contribution < -0.4 is 0 Å². The molecule has 0 heterocycles. The van der Waals surface area contributed by atoms with Crippen LogP contribution in [0.1, 0.15) is 54.4 Å². The summed E-state index contributed by atoms with van der Waals surface area (Å²) >= 11 is 0. The Balaban J connectivity index is 4.16. The first-order valence-corrected chi connectivity index (χ1v) is 4.93. The van der Waals surface area contributed by atoms with Crippen LogP contribution in [-0.2, 0) is 0 Å². The minimum Gasteiger partial charge on any atom is -0.0651 e. The molecule has 0 radical (unpaired) electrons. The first-order valence-electron chi connectivity index (χ1n) is 4.93. The van der Waals surface area contributed by atoms with Gasteiger partial charge in [0, 0.05) is 0 Å². The van der Waals surface area contributed by atoms with Gasteiger partial charge in [0.25, 0.3) is 0 Å². The smallest absolute Gasteiger partial charge is 0.0342 e. The van der Waals surface area contributed by atoms with Crippen LogP contribution in [0.5, 0.6) is 0 Å². The molecule has 0 aliphatic heterocycles. The SMILES string of the molecule is CCC(C)C(CC)C(C)(C)C. The van der Waals surface area contributed by atoms with Crippen LogP contribution in [-0.4, -0.2) is 0 Å². The summed E-state index contributed by atoms with van der Waals surface area (Å²) in [6.07, 6.45) is 2.63. The van der Waals surface area contributed by atoms with Gasteiger partial charge in [0.05, 0.1) is 0 Å². The third-order valence-corrected chi connectivity index (χ3v) is 2.88. The summed E-state index contributed by atoms with van der Waals surface area (Å²) in [5.41, 5.74) is 0.490. The van der Waals surface area contributed by atoms with Gasteiger partial charge in [0.2, 0.25) is 0 Å². The highest BCUT2D eigenvalue weighted by atomic mass is 14.3. The average molecular weight is 156 g/mol. The highest BCUT2D eigenvalue weighted by Gasteiger charge is 2.26. The van der Waals surface area contributed by atoms with E-state index in [1.54, 1.807) is 0 Å². The summed E-state index contributed by atoms with van der Waals surface area (Å²) in [6, 6.07) is 0. The maximum absolute atomic E-state index is 2.37. The van der Waals surface area contributed by atoms with Gasteiger partial charge in [-0.3, -0.25) is 0 Å². The lowest BCUT2D eigenvalue weighted by atomic mass is 9.71. The zero-order valence-electron chi connectivity index (χ0n) is 9.07. The van der Waals surface area contributed by atoms with Crippen molar-refractivity contribution in [3.63, 3.8) is 0 Å². The summed E-state index contributed by atoms with van der Waals surface area (Å²) in [5.74, 6) is 1.76. The molecular weight excluding hydrogens is 132 g/mol. The van der Waals surface area contributed by atoms with Crippen molar-refractivity contribution in [2.45, 2.75) is 54.4 Å². The van der Waals surface area contributed by atoms with E-state index in [-0.39, 0.29) is 0 Å². The zero-order chi connectivity index (χ0) is 9.07. The van der Waals surface area contributed by atoms with E-state index in [1.807, 2.05) is 0 Å². The molecule has 0 rings (SSSR count). The fraction of sp³-hybridized carbons (Fsp3) is 1.00. The molecule has 68 valence electrons. The summed E-state index contributed by atoms with van der Waals surface area (Å²) in [6.45, 7) is 14.0. The predicted octanol–water partition coefficient (Wildman–Crippen LogP) is 4.10. The van der Waals surface area contributed by atoms with Crippen LogP contribution in [0.3, 0.4) is 0 Å². The van der Waals surface area contributed by atoms with E-state index in [1.165, 1.54) is 12.8 Å². The van der Waals surface area contributed by atoms with Crippen LogP contribution in [0.15, 0.2) is 0 Å². The Labute approximate surface area is 72.4 Å². The summed E-state index contributed by atoms with van der Waals surface area (Å²) in [7, 11) is 0. The van der Waals surface area contributed by atoms with Gasteiger partial charge >= 0.3 is 0 Å². The van der Waals surface area contributed by atoms with E-state index in [9.17, 15) is 0 Å². The lowest BCUT2D eigenvalue weighted by Gasteiger charge is -2.34. The molecular formula is C11H24. The zero-order valence-corrected chi connectivity index (χ0v) is 9.07. The van der Waals surface area contributed by atoms with Crippen molar-refractivity contribution in [1.82, 2.24) is 0 Å². The second-order valence-corrected chi connectivity index (χ2v) is 4.77. The van der Waals surface area contributed by atoms with E-state index in [0.29, 0.717) is 5.41 Å². The van der Waals surface area contributed by atoms with E-state index >= 15 is 0 Å². The largest absolute Gasteiger partial charge is 0.0651 e. The lowest BCUT2D eigenvalue weighted by molar-refractivity contribution is 0.158. The monoisotopic (exact) mass is 156 g/mol. The molecule has 0 heteroatoms. The van der Waals surface area contributed by atoms with E-state index < -0.39 is 0 Å². The topological polar surface area (TPSA) is 0 Å². The quantitative estimate of drug-likeness (QED) is 0.577. The van der Waals surface area contributed by atoms with Gasteiger partial charge in [-0.2, -0.15) is 0 Å². The third kappa shape index (κ3) is 3.27. The molecule has 0 N–H and O–H groups in total. The van der Waals surface area contributed by atoms with Gasteiger partial charge < -0.3 is 0 Å². The highest BCUT2D eigenvalue weighted by Crippen LogP contribution is 2.35. The number of rotatable bonds is 3. The number of hydrogen-bond donors (Lipinski definition) is 0. The molecule has 0 saturated heterocycles. The molecule has 0 nitrogen and oxygen atoms in total. The van der Waals surface area contributed by atoms with Crippen LogP contribution in [0.25, 0.3) is 0 Å². The summed E-state index contributed by atoms with van der Waals surface area (Å²) < 4.78 is 0. The molecule has 0 fully saturated rings. The van der Waals surface area contributed by atoms with Gasteiger partial charge in [-0.1, -0.05) is 54.4 Å². The molecule has 2 unspecified atom stereocenters. The highest BCUT2D eigenvalue weighted by molar-refractivity contribution is 4.76. The van der Waals surface area contributed by atoms with Crippen molar-refractivity contribution in [2.24, 2.45) is 17.3 Å². The fourth-order valence-corrected chi connectivity index (χ4v) is 2.15. The van der Waals surface area contributed by atoms with Crippen molar-refractivity contribution in [3.8, 4) is 0 Å². The molecule has 11 heavy (non-hydrogen) atoms. The average Bonchev–Trinajstić information content (AvgIpc) is 1.86. The molecule has 0 bridgehead atoms. The van der Waals surface area contributed by atoms with Gasteiger partial charge in [-0.05, 0) is 17.3 Å². The molecule has 0 aromatic heterocycles. The van der Waals surface area contributed by atoms with Crippen LogP contribution in [0, 0.1) is 17.3 Å². The Morgan fingerprint density at radius 1 is 1.00 bits per heavy atom. The van der Waals surface area contributed by atoms with E-state index in [2.05, 4.69) is 41.5 Å². The number of hydrogen-bond acceptors (Lipinski definition) is 0. The maximum atomic E-state index is 2.37. The molecule has 2 atom stereocenters. The molecule has 0 spiro atoms. The molecule has 0 aromatic rings. The third-order valence-electron chi connectivity index (χ3n) is 2.88. The van der Waals surface area contributed by atoms with Gasteiger partial charge in [0.1, 0.15) is 0 Å². The minimum atomic E-state index is 0.490. The normalized spacial score (nSPS) is 18.0. The standard InChI is InChI=1S/C11H24/c1-7-9(3)10(8-2)11(4,5)6/h9-10H,7-8H2,1-6H3. The van der Waals surface area contributed by atoms with Crippen molar-refractivity contribution >= 4 is 0 Å². The van der Waals surface area contributed by atoms with Gasteiger partial charge in [-0.15, -0.1) is 0 Å². The van der Waals surface area contributed by atoms with E-state index in [4.69, 9.17) is 0 Å². The van der Waals surface area contributed by atoms with E-state index in [0.717, 1.165) is 11.8 Å². The van der Waals surface area contributed by atoms with Crippen LogP contribution >= 0.6 is 0 Å².